The number of hydrogen-bond acceptors (Lipinski definition) is 6. The molecular weight excluding hydrogens is 490 g/mol. The summed E-state index contributed by atoms with van der Waals surface area (Å²) in [6.45, 7) is 4.30. The Bertz CT molecular complexity index is 1760. The van der Waals surface area contributed by atoms with Gasteiger partial charge < -0.3 is 9.26 Å². The molecule has 9 heteroatoms. The molecule has 188 valence electrons. The number of nitrogens with one attached hydrogen (secondary N) is 1. The van der Waals surface area contributed by atoms with Crippen molar-refractivity contribution in [3.8, 4) is 22.6 Å². The number of pyridine rings is 1. The number of fused-ring (bicyclic) bond motifs is 1. The first-order valence-electron chi connectivity index (χ1n) is 11.6. The summed E-state index contributed by atoms with van der Waals surface area (Å²) in [7, 11) is -2.35. The number of aromatic nitrogens is 2. The van der Waals surface area contributed by atoms with Gasteiger partial charge in [0, 0.05) is 17.5 Å². The Labute approximate surface area is 214 Å². The summed E-state index contributed by atoms with van der Waals surface area (Å²) >= 11 is 0. The van der Waals surface area contributed by atoms with E-state index in [-0.39, 0.29) is 16.3 Å². The molecule has 0 spiro atoms. The van der Waals surface area contributed by atoms with Gasteiger partial charge in [0.2, 0.25) is 0 Å². The van der Waals surface area contributed by atoms with E-state index in [1.807, 2.05) is 30.3 Å². The van der Waals surface area contributed by atoms with Crippen molar-refractivity contribution < 1.29 is 17.7 Å². The van der Waals surface area contributed by atoms with E-state index >= 15 is 0 Å². The molecule has 0 aliphatic carbocycles. The van der Waals surface area contributed by atoms with Crippen LogP contribution in [-0.4, -0.2) is 25.3 Å². The Kier molecular flexibility index (Phi) is 6.31. The van der Waals surface area contributed by atoms with Crippen molar-refractivity contribution in [1.82, 2.24) is 9.72 Å². The summed E-state index contributed by atoms with van der Waals surface area (Å²) in [6.07, 6.45) is 1.27. The van der Waals surface area contributed by atoms with Crippen LogP contribution in [0.1, 0.15) is 25.3 Å². The predicted molar refractivity (Wildman–Crippen MR) is 143 cm³/mol. The monoisotopic (exact) mass is 515 g/mol. The number of nitrogens with zero attached hydrogens (tertiary/aromatic N) is 2. The molecular formula is C28H25N3O5S. The molecule has 0 amide bonds. The molecule has 5 aromatic rings. The highest BCUT2D eigenvalue weighted by atomic mass is 32.2. The number of hydrogen-bond donors (Lipinski definition) is 1. The topological polar surface area (TPSA) is 103 Å². The maximum absolute atomic E-state index is 13.0. The van der Waals surface area contributed by atoms with Crippen LogP contribution in [0.5, 0.6) is 5.75 Å². The zero-order valence-corrected chi connectivity index (χ0v) is 21.3. The van der Waals surface area contributed by atoms with E-state index < -0.39 is 10.0 Å². The first-order valence-corrected chi connectivity index (χ1v) is 13.1. The van der Waals surface area contributed by atoms with Crippen molar-refractivity contribution in [3.05, 3.63) is 101 Å². The lowest BCUT2D eigenvalue weighted by atomic mass is 9.97. The maximum Gasteiger partial charge on any atom is 0.263 e. The molecule has 37 heavy (non-hydrogen) atoms. The average Bonchev–Trinajstić information content (AvgIpc) is 3.40. The normalized spacial score (nSPS) is 11.7. The quantitative estimate of drug-likeness (QED) is 0.304. The molecule has 0 saturated carbocycles. The minimum absolute atomic E-state index is 0.0283. The highest BCUT2D eigenvalue weighted by Gasteiger charge is 2.18. The van der Waals surface area contributed by atoms with Gasteiger partial charge in [-0.1, -0.05) is 49.3 Å². The molecule has 1 N–H and O–H groups in total. The minimum Gasteiger partial charge on any atom is -0.495 e. The molecule has 0 radical (unpaired) electrons. The van der Waals surface area contributed by atoms with Crippen molar-refractivity contribution in [2.75, 3.05) is 11.8 Å². The summed E-state index contributed by atoms with van der Waals surface area (Å²) in [5, 5.41) is 4.16. The number of anilines is 1. The summed E-state index contributed by atoms with van der Waals surface area (Å²) in [6, 6.07) is 23.0. The van der Waals surface area contributed by atoms with Crippen LogP contribution in [0.2, 0.25) is 0 Å². The van der Waals surface area contributed by atoms with Crippen molar-refractivity contribution in [1.29, 1.82) is 0 Å². The third-order valence-electron chi connectivity index (χ3n) is 6.16. The van der Waals surface area contributed by atoms with E-state index in [9.17, 15) is 13.2 Å². The molecule has 2 aromatic heterocycles. The van der Waals surface area contributed by atoms with Crippen molar-refractivity contribution in [2.45, 2.75) is 24.7 Å². The predicted octanol–water partition coefficient (Wildman–Crippen LogP) is 5.58. The molecule has 5 rings (SSSR count). The average molecular weight is 516 g/mol. The van der Waals surface area contributed by atoms with Crippen LogP contribution < -0.4 is 15.0 Å². The Hall–Kier alpha value is -4.37. The molecule has 0 atom stereocenters. The van der Waals surface area contributed by atoms with Gasteiger partial charge >= 0.3 is 0 Å². The van der Waals surface area contributed by atoms with Crippen LogP contribution in [0, 0.1) is 0 Å². The lowest BCUT2D eigenvalue weighted by Crippen LogP contribution is -2.18. The first kappa shape index (κ1) is 24.3. The highest BCUT2D eigenvalue weighted by Crippen LogP contribution is 2.32. The number of ether oxygens (including phenoxy) is 1. The summed E-state index contributed by atoms with van der Waals surface area (Å²) in [4.78, 5) is 13.1. The van der Waals surface area contributed by atoms with Gasteiger partial charge in [-0.2, -0.15) is 0 Å². The highest BCUT2D eigenvalue weighted by molar-refractivity contribution is 7.92. The molecule has 2 heterocycles. The minimum atomic E-state index is -3.91. The molecule has 0 unspecified atom stereocenters. The number of benzene rings is 3. The van der Waals surface area contributed by atoms with Crippen molar-refractivity contribution in [3.63, 3.8) is 0 Å². The van der Waals surface area contributed by atoms with E-state index in [2.05, 4.69) is 35.9 Å². The smallest absolute Gasteiger partial charge is 0.263 e. The Balaban J connectivity index is 1.59. The Morgan fingerprint density at radius 2 is 1.76 bits per heavy atom. The Morgan fingerprint density at radius 3 is 2.49 bits per heavy atom. The second kappa shape index (κ2) is 9.59. The van der Waals surface area contributed by atoms with E-state index in [1.165, 1.54) is 40.7 Å². The third-order valence-corrected chi connectivity index (χ3v) is 7.51. The number of sulfonamides is 1. The second-order valence-electron chi connectivity index (χ2n) is 8.88. The number of rotatable bonds is 7. The van der Waals surface area contributed by atoms with Crippen molar-refractivity contribution >= 4 is 26.7 Å². The van der Waals surface area contributed by atoms with Gasteiger partial charge in [-0.3, -0.25) is 14.1 Å². The molecule has 0 saturated heterocycles. The zero-order chi connectivity index (χ0) is 26.2. The lowest BCUT2D eigenvalue weighted by molar-refractivity contribution is 0.413. The third kappa shape index (κ3) is 4.73. The standard InChI is InChI=1S/C28H25N3O5S/c1-18(2)19-5-4-6-20(15-19)21-7-10-25(26(17-21)35-3)31-24-11-9-23(16-22(24)8-12-28(31)32)37(33,34)30-27-13-14-36-29-27/h4-18H,1-3H3,(H,29,30). The molecule has 3 aromatic carbocycles. The van der Waals surface area contributed by atoms with Gasteiger partial charge in [0.25, 0.3) is 15.6 Å². The van der Waals surface area contributed by atoms with Gasteiger partial charge in [0.05, 0.1) is 23.2 Å². The van der Waals surface area contributed by atoms with Crippen LogP contribution in [0.3, 0.4) is 0 Å². The van der Waals surface area contributed by atoms with Gasteiger partial charge in [-0.05, 0) is 59.0 Å². The summed E-state index contributed by atoms with van der Waals surface area (Å²) in [5.41, 5.74) is 4.07. The molecule has 8 nitrogen and oxygen atoms in total. The van der Waals surface area contributed by atoms with Crippen LogP contribution >= 0.6 is 0 Å². The fourth-order valence-electron chi connectivity index (χ4n) is 4.22. The molecule has 0 fully saturated rings. The molecule has 0 bridgehead atoms. The van der Waals surface area contributed by atoms with Crippen LogP contribution in [-0.2, 0) is 10.0 Å². The second-order valence-corrected chi connectivity index (χ2v) is 10.6. The molecule has 0 aliphatic heterocycles. The fourth-order valence-corrected chi connectivity index (χ4v) is 5.25. The van der Waals surface area contributed by atoms with Crippen LogP contribution in [0.15, 0.2) is 99.3 Å². The first-order chi connectivity index (χ1) is 17.8. The Morgan fingerprint density at radius 1 is 0.946 bits per heavy atom. The SMILES string of the molecule is COc1cc(-c2cccc(C(C)C)c2)ccc1-n1c(=O)ccc2cc(S(=O)(=O)Nc3ccon3)ccc21. The summed E-state index contributed by atoms with van der Waals surface area (Å²) < 4.78 is 39.9. The van der Waals surface area contributed by atoms with E-state index in [0.29, 0.717) is 28.3 Å². The zero-order valence-electron chi connectivity index (χ0n) is 20.5. The summed E-state index contributed by atoms with van der Waals surface area (Å²) in [5.74, 6) is 0.996. The van der Waals surface area contributed by atoms with E-state index in [0.717, 1.165) is 11.1 Å². The van der Waals surface area contributed by atoms with Crippen LogP contribution in [0.25, 0.3) is 27.7 Å². The fraction of sp³-hybridized carbons (Fsp3) is 0.143. The van der Waals surface area contributed by atoms with E-state index in [1.54, 1.807) is 19.2 Å². The van der Waals surface area contributed by atoms with Gasteiger partial charge in [0.1, 0.15) is 12.0 Å². The van der Waals surface area contributed by atoms with Crippen LogP contribution in [0.4, 0.5) is 5.82 Å². The molecule has 0 aliphatic rings. The van der Waals surface area contributed by atoms with E-state index in [4.69, 9.17) is 9.26 Å². The van der Waals surface area contributed by atoms with Gasteiger partial charge in [0.15, 0.2) is 5.82 Å². The van der Waals surface area contributed by atoms with Gasteiger partial charge in [-0.15, -0.1) is 0 Å². The maximum atomic E-state index is 13.0. The lowest BCUT2D eigenvalue weighted by Gasteiger charge is -2.16. The largest absolute Gasteiger partial charge is 0.495 e. The van der Waals surface area contributed by atoms with Gasteiger partial charge in [-0.25, -0.2) is 8.42 Å². The number of methoxy groups -OCH3 is 1. The van der Waals surface area contributed by atoms with Crippen molar-refractivity contribution in [2.24, 2.45) is 0 Å².